The van der Waals surface area contributed by atoms with Crippen LogP contribution in [0.2, 0.25) is 0 Å². The van der Waals surface area contributed by atoms with Gasteiger partial charge in [-0.15, -0.1) is 0 Å². The number of piperidine rings is 1. The first kappa shape index (κ1) is 19.9. The van der Waals surface area contributed by atoms with Crippen LogP contribution in [0.5, 0.6) is 0 Å². The molecule has 154 valence electrons. The number of amides is 2. The van der Waals surface area contributed by atoms with Gasteiger partial charge >= 0.3 is 0 Å². The molecule has 0 unspecified atom stereocenters. The molecule has 1 aromatic heterocycles. The Balaban J connectivity index is 1.59. The van der Waals surface area contributed by atoms with Crippen molar-refractivity contribution in [2.24, 2.45) is 5.92 Å². The van der Waals surface area contributed by atoms with Crippen molar-refractivity contribution in [3.63, 3.8) is 0 Å². The third-order valence-corrected chi connectivity index (χ3v) is 5.92. The number of benzene rings is 2. The number of aryl methyl sites for hydroxylation is 1. The Labute approximate surface area is 174 Å². The Bertz CT molecular complexity index is 1170. The van der Waals surface area contributed by atoms with E-state index in [-0.39, 0.29) is 23.3 Å². The molecule has 2 aromatic carbocycles. The average Bonchev–Trinajstić information content (AvgIpc) is 2.75. The molecule has 1 aliphatic rings. The van der Waals surface area contributed by atoms with Crippen molar-refractivity contribution in [3.05, 3.63) is 64.6 Å². The van der Waals surface area contributed by atoms with E-state index in [1.807, 2.05) is 43.3 Å². The second-order valence-corrected chi connectivity index (χ2v) is 7.88. The molecule has 30 heavy (non-hydrogen) atoms. The zero-order valence-electron chi connectivity index (χ0n) is 17.2. The third-order valence-electron chi connectivity index (χ3n) is 5.92. The standard InChI is InChI=1S/C24H25N3O3/c1-15-5-3-4-6-19(15)22-14-25-24(30)21-13-18(7-8-20(21)22)26-23(29)17-9-11-27(12-10-17)16(2)28/h3-8,13-14,17H,9-12H2,1-2H3,(H,25,30)(H,26,29). The number of carbonyl (C=O) groups is 2. The molecule has 0 spiro atoms. The van der Waals surface area contributed by atoms with Gasteiger partial charge in [-0.3, -0.25) is 14.4 Å². The van der Waals surface area contributed by atoms with Gasteiger partial charge in [-0.1, -0.05) is 30.3 Å². The van der Waals surface area contributed by atoms with Crippen molar-refractivity contribution in [3.8, 4) is 11.1 Å². The molecule has 0 bridgehead atoms. The van der Waals surface area contributed by atoms with E-state index in [2.05, 4.69) is 10.3 Å². The molecule has 1 saturated heterocycles. The maximum Gasteiger partial charge on any atom is 0.255 e. The highest BCUT2D eigenvalue weighted by molar-refractivity contribution is 6.00. The summed E-state index contributed by atoms with van der Waals surface area (Å²) in [6, 6.07) is 13.5. The molecule has 2 N–H and O–H groups in total. The molecule has 2 heterocycles. The third kappa shape index (κ3) is 3.85. The van der Waals surface area contributed by atoms with Crippen LogP contribution in [0.15, 0.2) is 53.5 Å². The first-order valence-electron chi connectivity index (χ1n) is 10.2. The number of fused-ring (bicyclic) bond motifs is 1. The molecule has 6 heteroatoms. The van der Waals surface area contributed by atoms with Crippen molar-refractivity contribution in [2.75, 3.05) is 18.4 Å². The van der Waals surface area contributed by atoms with Gasteiger partial charge in [-0.25, -0.2) is 0 Å². The van der Waals surface area contributed by atoms with Gasteiger partial charge in [0.1, 0.15) is 0 Å². The number of pyridine rings is 1. The quantitative estimate of drug-likeness (QED) is 0.700. The minimum absolute atomic E-state index is 0.0482. The normalized spacial score (nSPS) is 14.7. The Morgan fingerprint density at radius 1 is 1.03 bits per heavy atom. The predicted molar refractivity (Wildman–Crippen MR) is 118 cm³/mol. The lowest BCUT2D eigenvalue weighted by atomic mass is 9.95. The number of hydrogen-bond acceptors (Lipinski definition) is 3. The Morgan fingerprint density at radius 2 is 1.77 bits per heavy atom. The van der Waals surface area contributed by atoms with E-state index in [0.29, 0.717) is 37.0 Å². The lowest BCUT2D eigenvalue weighted by Gasteiger charge is -2.30. The molecule has 4 rings (SSSR count). The fourth-order valence-electron chi connectivity index (χ4n) is 4.14. The van der Waals surface area contributed by atoms with Crippen LogP contribution < -0.4 is 10.9 Å². The molecule has 0 radical (unpaired) electrons. The molecule has 0 atom stereocenters. The summed E-state index contributed by atoms with van der Waals surface area (Å²) in [5, 5.41) is 4.34. The fourth-order valence-corrected chi connectivity index (χ4v) is 4.14. The number of aromatic amines is 1. The van der Waals surface area contributed by atoms with Crippen LogP contribution in [-0.2, 0) is 9.59 Å². The first-order valence-corrected chi connectivity index (χ1v) is 10.2. The van der Waals surface area contributed by atoms with Crippen LogP contribution in [0.4, 0.5) is 5.69 Å². The summed E-state index contributed by atoms with van der Waals surface area (Å²) < 4.78 is 0. The highest BCUT2D eigenvalue weighted by atomic mass is 16.2. The minimum Gasteiger partial charge on any atom is -0.343 e. The van der Waals surface area contributed by atoms with Crippen LogP contribution >= 0.6 is 0 Å². The molecule has 3 aromatic rings. The van der Waals surface area contributed by atoms with Crippen LogP contribution in [0.1, 0.15) is 25.3 Å². The van der Waals surface area contributed by atoms with E-state index in [4.69, 9.17) is 0 Å². The van der Waals surface area contributed by atoms with Gasteiger partial charge in [0.15, 0.2) is 0 Å². The van der Waals surface area contributed by atoms with Gasteiger partial charge < -0.3 is 15.2 Å². The monoisotopic (exact) mass is 403 g/mol. The summed E-state index contributed by atoms with van der Waals surface area (Å²) in [6.07, 6.45) is 3.04. The average molecular weight is 403 g/mol. The predicted octanol–water partition coefficient (Wildman–Crippen LogP) is 3.70. The largest absolute Gasteiger partial charge is 0.343 e. The molecule has 1 fully saturated rings. The smallest absolute Gasteiger partial charge is 0.255 e. The van der Waals surface area contributed by atoms with E-state index < -0.39 is 0 Å². The lowest BCUT2D eigenvalue weighted by Crippen LogP contribution is -2.40. The van der Waals surface area contributed by atoms with Gasteiger partial charge in [0.2, 0.25) is 11.8 Å². The van der Waals surface area contributed by atoms with Gasteiger partial charge in [0.25, 0.3) is 5.56 Å². The van der Waals surface area contributed by atoms with Crippen LogP contribution in [-0.4, -0.2) is 34.8 Å². The van der Waals surface area contributed by atoms with E-state index in [1.165, 1.54) is 0 Å². The van der Waals surface area contributed by atoms with Crippen LogP contribution in [0.25, 0.3) is 21.9 Å². The molecule has 0 saturated carbocycles. The minimum atomic E-state index is -0.187. The van der Waals surface area contributed by atoms with E-state index in [1.54, 1.807) is 24.1 Å². The van der Waals surface area contributed by atoms with Crippen LogP contribution in [0.3, 0.4) is 0 Å². The highest BCUT2D eigenvalue weighted by Gasteiger charge is 2.26. The first-order chi connectivity index (χ1) is 14.4. The fraction of sp³-hybridized carbons (Fsp3) is 0.292. The number of anilines is 1. The number of likely N-dealkylation sites (tertiary alicyclic amines) is 1. The van der Waals surface area contributed by atoms with Gasteiger partial charge in [0.05, 0.1) is 0 Å². The molecular weight excluding hydrogens is 378 g/mol. The topological polar surface area (TPSA) is 82.3 Å². The van der Waals surface area contributed by atoms with E-state index >= 15 is 0 Å². The number of aromatic nitrogens is 1. The van der Waals surface area contributed by atoms with Crippen molar-refractivity contribution >= 4 is 28.3 Å². The van der Waals surface area contributed by atoms with Crippen molar-refractivity contribution in [1.82, 2.24) is 9.88 Å². The number of hydrogen-bond donors (Lipinski definition) is 2. The Kier molecular flexibility index (Phi) is 5.40. The van der Waals surface area contributed by atoms with Gasteiger partial charge in [-0.2, -0.15) is 0 Å². The van der Waals surface area contributed by atoms with Gasteiger partial charge in [-0.05, 0) is 48.4 Å². The van der Waals surface area contributed by atoms with Crippen LogP contribution in [0, 0.1) is 12.8 Å². The summed E-state index contributed by atoms with van der Waals surface area (Å²) in [5.74, 6) is -0.149. The second-order valence-electron chi connectivity index (χ2n) is 7.88. The zero-order valence-corrected chi connectivity index (χ0v) is 17.2. The second kappa shape index (κ2) is 8.14. The summed E-state index contributed by atoms with van der Waals surface area (Å²) in [5.41, 5.74) is 3.56. The van der Waals surface area contributed by atoms with Crippen molar-refractivity contribution < 1.29 is 9.59 Å². The summed E-state index contributed by atoms with van der Waals surface area (Å²) in [6.45, 7) is 4.80. The lowest BCUT2D eigenvalue weighted by molar-refractivity contribution is -0.132. The van der Waals surface area contributed by atoms with E-state index in [0.717, 1.165) is 22.1 Å². The molecule has 0 aliphatic carbocycles. The summed E-state index contributed by atoms with van der Waals surface area (Å²) in [4.78, 5) is 41.2. The summed E-state index contributed by atoms with van der Waals surface area (Å²) in [7, 11) is 0. The number of H-pyrrole nitrogens is 1. The molecular formula is C24H25N3O3. The molecule has 2 amide bonds. The van der Waals surface area contributed by atoms with E-state index in [9.17, 15) is 14.4 Å². The molecule has 1 aliphatic heterocycles. The number of nitrogens with zero attached hydrogens (tertiary/aromatic N) is 1. The highest BCUT2D eigenvalue weighted by Crippen LogP contribution is 2.30. The van der Waals surface area contributed by atoms with Crippen molar-refractivity contribution in [1.29, 1.82) is 0 Å². The summed E-state index contributed by atoms with van der Waals surface area (Å²) >= 11 is 0. The zero-order chi connectivity index (χ0) is 21.3. The Morgan fingerprint density at radius 3 is 2.47 bits per heavy atom. The maximum absolute atomic E-state index is 12.7. The number of nitrogens with one attached hydrogen (secondary N) is 2. The number of rotatable bonds is 3. The Hall–Kier alpha value is -3.41. The maximum atomic E-state index is 12.7. The SMILES string of the molecule is CC(=O)N1CCC(C(=O)Nc2ccc3c(-c4ccccc4C)c[nH]c(=O)c3c2)CC1. The number of carbonyl (C=O) groups excluding carboxylic acids is 2. The van der Waals surface area contributed by atoms with Gasteiger partial charge in [0, 0.05) is 48.8 Å². The van der Waals surface area contributed by atoms with Crippen molar-refractivity contribution in [2.45, 2.75) is 26.7 Å². The molecule has 6 nitrogen and oxygen atoms in total.